The molecule has 3 aromatic heterocycles. The predicted molar refractivity (Wildman–Crippen MR) is 164 cm³/mol. The Morgan fingerprint density at radius 1 is 1.19 bits per heavy atom. The van der Waals surface area contributed by atoms with Gasteiger partial charge in [0.1, 0.15) is 11.5 Å². The van der Waals surface area contributed by atoms with Crippen molar-refractivity contribution in [1.29, 1.82) is 0 Å². The third-order valence-electron chi connectivity index (χ3n) is 8.27. The molecule has 2 amide bonds. The molecule has 5 rings (SSSR count). The van der Waals surface area contributed by atoms with Gasteiger partial charge in [0.25, 0.3) is 11.8 Å². The van der Waals surface area contributed by atoms with Crippen LogP contribution in [0.4, 0.5) is 13.6 Å². The van der Waals surface area contributed by atoms with Crippen molar-refractivity contribution in [2.45, 2.75) is 64.2 Å². The standard InChI is InChI=1S/C30H36F2N4O4SSi/c1-18-12-19-13-21(8-9-23(19)36(18)28(38)33-5)40-24-10-11-34-22-14-25(41-26(22)24)27(37)35-17-30(31,32)15-20(35)16-39-42(6,7)29(2,3)4/h8-14,20H,15-17H2,1-7H3,(H,33,38). The van der Waals surface area contributed by atoms with Crippen LogP contribution in [0.5, 0.6) is 11.5 Å². The molecule has 0 spiro atoms. The van der Waals surface area contributed by atoms with Crippen LogP contribution in [0.25, 0.3) is 21.1 Å². The lowest BCUT2D eigenvalue weighted by molar-refractivity contribution is 0.0116. The summed E-state index contributed by atoms with van der Waals surface area (Å²) >= 11 is 1.17. The van der Waals surface area contributed by atoms with E-state index in [9.17, 15) is 18.4 Å². The molecule has 224 valence electrons. The van der Waals surface area contributed by atoms with E-state index in [4.69, 9.17) is 9.16 Å². The number of ether oxygens (including phenoxy) is 1. The van der Waals surface area contributed by atoms with Crippen LogP contribution in [0.3, 0.4) is 0 Å². The molecular weight excluding hydrogens is 579 g/mol. The van der Waals surface area contributed by atoms with Gasteiger partial charge in [-0.05, 0) is 55.4 Å². The number of alkyl halides is 2. The number of nitrogens with one attached hydrogen (secondary N) is 1. The van der Waals surface area contributed by atoms with E-state index >= 15 is 0 Å². The molecule has 42 heavy (non-hydrogen) atoms. The molecule has 1 N–H and O–H groups in total. The maximum absolute atomic E-state index is 14.6. The SMILES string of the molecule is CNC(=O)n1c(C)cc2cc(Oc3ccnc4cc(C(=O)N5CC(F)(F)CC5CO[Si](C)(C)C(C)(C)C)sc34)ccc21. The van der Waals surface area contributed by atoms with E-state index in [0.29, 0.717) is 26.6 Å². The molecule has 4 aromatic rings. The normalized spacial score (nSPS) is 17.3. The number of aryl methyl sites for hydroxylation is 1. The van der Waals surface area contributed by atoms with E-state index in [0.717, 1.165) is 16.6 Å². The van der Waals surface area contributed by atoms with Gasteiger partial charge < -0.3 is 19.4 Å². The van der Waals surface area contributed by atoms with E-state index in [1.165, 1.54) is 16.2 Å². The maximum atomic E-state index is 14.6. The first kappa shape index (κ1) is 30.1. The highest BCUT2D eigenvalue weighted by Gasteiger charge is 2.48. The summed E-state index contributed by atoms with van der Waals surface area (Å²) in [7, 11) is -0.607. The molecule has 1 aliphatic rings. The van der Waals surface area contributed by atoms with Gasteiger partial charge in [0.05, 0.1) is 39.8 Å². The van der Waals surface area contributed by atoms with Gasteiger partial charge >= 0.3 is 6.03 Å². The van der Waals surface area contributed by atoms with E-state index in [1.54, 1.807) is 36.0 Å². The third kappa shape index (κ3) is 5.67. The zero-order chi connectivity index (χ0) is 30.6. The van der Waals surface area contributed by atoms with Crippen LogP contribution >= 0.6 is 11.3 Å². The van der Waals surface area contributed by atoms with Crippen molar-refractivity contribution in [2.75, 3.05) is 20.2 Å². The Balaban J connectivity index is 1.40. The van der Waals surface area contributed by atoms with E-state index in [2.05, 4.69) is 44.2 Å². The summed E-state index contributed by atoms with van der Waals surface area (Å²) in [5.74, 6) is -2.39. The monoisotopic (exact) mass is 614 g/mol. The Bertz CT molecular complexity index is 1680. The molecule has 1 aliphatic heterocycles. The van der Waals surface area contributed by atoms with Crippen molar-refractivity contribution in [3.63, 3.8) is 0 Å². The van der Waals surface area contributed by atoms with Crippen LogP contribution in [0.2, 0.25) is 18.1 Å². The van der Waals surface area contributed by atoms with Gasteiger partial charge in [0.2, 0.25) is 0 Å². The minimum absolute atomic E-state index is 0.0754. The average Bonchev–Trinajstić information content (AvgIpc) is 3.58. The van der Waals surface area contributed by atoms with E-state index < -0.39 is 39.2 Å². The van der Waals surface area contributed by atoms with E-state index in [-0.39, 0.29) is 17.7 Å². The van der Waals surface area contributed by atoms with Gasteiger partial charge in [-0.2, -0.15) is 0 Å². The fourth-order valence-corrected chi connectivity index (χ4v) is 7.01. The summed E-state index contributed by atoms with van der Waals surface area (Å²) in [6.07, 6.45) is 1.16. The number of hydrogen-bond acceptors (Lipinski definition) is 6. The van der Waals surface area contributed by atoms with Crippen molar-refractivity contribution >= 4 is 52.7 Å². The zero-order valence-corrected chi connectivity index (χ0v) is 26.7. The summed E-state index contributed by atoms with van der Waals surface area (Å²) in [4.78, 5) is 31.9. The number of nitrogens with zero attached hydrogens (tertiary/aromatic N) is 3. The number of benzene rings is 1. The average molecular weight is 615 g/mol. The summed E-state index contributed by atoms with van der Waals surface area (Å²) < 4.78 is 43.9. The first-order chi connectivity index (χ1) is 19.6. The van der Waals surface area contributed by atoms with Crippen molar-refractivity contribution in [3.8, 4) is 11.5 Å². The number of carbonyl (C=O) groups excluding carboxylic acids is 2. The lowest BCUT2D eigenvalue weighted by Gasteiger charge is -2.37. The lowest BCUT2D eigenvalue weighted by Crippen LogP contribution is -2.45. The van der Waals surface area contributed by atoms with Gasteiger partial charge in [0, 0.05) is 36.8 Å². The summed E-state index contributed by atoms with van der Waals surface area (Å²) in [5.41, 5.74) is 2.08. The number of carbonyl (C=O) groups is 2. The Hall–Kier alpha value is -3.35. The second-order valence-electron chi connectivity index (χ2n) is 12.4. The number of fused-ring (bicyclic) bond motifs is 2. The second kappa shape index (κ2) is 10.7. The van der Waals surface area contributed by atoms with Gasteiger partial charge in [-0.15, -0.1) is 11.3 Å². The second-order valence-corrected chi connectivity index (χ2v) is 18.2. The number of rotatable bonds is 6. The summed E-state index contributed by atoms with van der Waals surface area (Å²) in [6.45, 7) is 11.7. The van der Waals surface area contributed by atoms with Crippen molar-refractivity contribution in [1.82, 2.24) is 19.8 Å². The molecule has 1 unspecified atom stereocenters. The Labute approximate surface area is 248 Å². The molecule has 0 aliphatic carbocycles. The molecule has 1 atom stereocenters. The first-order valence-corrected chi connectivity index (χ1v) is 17.6. The zero-order valence-electron chi connectivity index (χ0n) is 24.9. The number of thiophene rings is 1. The topological polar surface area (TPSA) is 85.7 Å². The lowest BCUT2D eigenvalue weighted by atomic mass is 10.2. The quantitative estimate of drug-likeness (QED) is 0.229. The molecule has 1 fully saturated rings. The molecular formula is C30H36F2N4O4SSi. The van der Waals surface area contributed by atoms with E-state index in [1.807, 2.05) is 25.1 Å². The highest BCUT2D eigenvalue weighted by molar-refractivity contribution is 7.21. The number of aromatic nitrogens is 2. The molecule has 1 aromatic carbocycles. The van der Waals surface area contributed by atoms with Crippen LogP contribution in [0, 0.1) is 6.92 Å². The first-order valence-electron chi connectivity index (χ1n) is 13.8. The number of hydrogen-bond donors (Lipinski definition) is 1. The van der Waals surface area contributed by atoms with Gasteiger partial charge in [-0.25, -0.2) is 13.6 Å². The Morgan fingerprint density at radius 2 is 1.93 bits per heavy atom. The third-order valence-corrected chi connectivity index (χ3v) is 13.9. The largest absolute Gasteiger partial charge is 0.456 e. The highest BCUT2D eigenvalue weighted by Crippen LogP contribution is 2.41. The Kier molecular flexibility index (Phi) is 7.69. The molecule has 1 saturated heterocycles. The Morgan fingerprint density at radius 3 is 2.62 bits per heavy atom. The maximum Gasteiger partial charge on any atom is 0.325 e. The minimum Gasteiger partial charge on any atom is -0.456 e. The molecule has 0 saturated carbocycles. The van der Waals surface area contributed by atoms with Crippen molar-refractivity contribution < 1.29 is 27.5 Å². The molecule has 4 heterocycles. The number of halogens is 2. The van der Waals surface area contributed by atoms with Crippen LogP contribution < -0.4 is 10.1 Å². The van der Waals surface area contributed by atoms with Crippen LogP contribution in [0.1, 0.15) is 42.6 Å². The number of amides is 2. The van der Waals surface area contributed by atoms with Crippen LogP contribution in [0.15, 0.2) is 42.6 Å². The van der Waals surface area contributed by atoms with Gasteiger partial charge in [-0.3, -0.25) is 14.3 Å². The molecule has 0 bridgehead atoms. The van der Waals surface area contributed by atoms with Crippen molar-refractivity contribution in [3.05, 3.63) is 53.2 Å². The summed E-state index contributed by atoms with van der Waals surface area (Å²) in [6, 6.07) is 9.72. The summed E-state index contributed by atoms with van der Waals surface area (Å²) in [5, 5.41) is 3.40. The van der Waals surface area contributed by atoms with Gasteiger partial charge in [0.15, 0.2) is 8.32 Å². The predicted octanol–water partition coefficient (Wildman–Crippen LogP) is 7.41. The number of pyridine rings is 1. The van der Waals surface area contributed by atoms with Crippen LogP contribution in [-0.4, -0.2) is 66.9 Å². The van der Waals surface area contributed by atoms with Gasteiger partial charge in [-0.1, -0.05) is 20.8 Å². The fourth-order valence-electron chi connectivity index (χ4n) is 4.95. The number of likely N-dealkylation sites (tertiary alicyclic amines) is 1. The minimum atomic E-state index is -2.98. The van der Waals surface area contributed by atoms with Crippen LogP contribution in [-0.2, 0) is 4.43 Å². The fraction of sp³-hybridized carbons (Fsp3) is 0.433. The van der Waals surface area contributed by atoms with Crippen molar-refractivity contribution in [2.24, 2.45) is 0 Å². The molecule has 8 nitrogen and oxygen atoms in total. The smallest absolute Gasteiger partial charge is 0.325 e. The highest BCUT2D eigenvalue weighted by atomic mass is 32.1. The molecule has 0 radical (unpaired) electrons. The molecule has 12 heteroatoms.